The first-order valence-electron chi connectivity index (χ1n) is 8.10. The topological polar surface area (TPSA) is 59.2 Å². The zero-order valence-corrected chi connectivity index (χ0v) is 13.8. The van der Waals surface area contributed by atoms with E-state index in [4.69, 9.17) is 5.73 Å². The third-order valence-electron chi connectivity index (χ3n) is 4.47. The van der Waals surface area contributed by atoms with Crippen LogP contribution in [-0.2, 0) is 11.2 Å². The summed E-state index contributed by atoms with van der Waals surface area (Å²) in [4.78, 5) is 17.9. The Morgan fingerprint density at radius 1 is 1.19 bits per heavy atom. The molecule has 2 N–H and O–H groups in total. The van der Waals surface area contributed by atoms with Crippen molar-refractivity contribution in [3.05, 3.63) is 47.9 Å². The van der Waals surface area contributed by atoms with Gasteiger partial charge >= 0.3 is 6.18 Å². The van der Waals surface area contributed by atoms with Crippen molar-refractivity contribution in [1.29, 1.82) is 0 Å². The molecule has 3 rings (SSSR count). The van der Waals surface area contributed by atoms with Crippen molar-refractivity contribution in [2.24, 2.45) is 5.92 Å². The Morgan fingerprint density at radius 2 is 1.88 bits per heavy atom. The summed E-state index contributed by atoms with van der Waals surface area (Å²) in [7, 11) is 0. The van der Waals surface area contributed by atoms with Crippen LogP contribution in [0.1, 0.15) is 12.1 Å². The summed E-state index contributed by atoms with van der Waals surface area (Å²) in [6.07, 6.45) is -4.56. The fourth-order valence-corrected chi connectivity index (χ4v) is 2.94. The van der Waals surface area contributed by atoms with Gasteiger partial charge in [0.05, 0.1) is 29.4 Å². The van der Waals surface area contributed by atoms with Gasteiger partial charge in [-0.25, -0.2) is 4.39 Å². The van der Waals surface area contributed by atoms with Crippen molar-refractivity contribution in [1.82, 2.24) is 9.88 Å². The lowest BCUT2D eigenvalue weighted by Crippen LogP contribution is -2.33. The highest BCUT2D eigenvalue weighted by Crippen LogP contribution is 2.33. The second-order valence-electron chi connectivity index (χ2n) is 6.28. The fraction of sp³-hybridized carbons (Fsp3) is 0.333. The van der Waals surface area contributed by atoms with E-state index in [2.05, 4.69) is 4.98 Å². The Morgan fingerprint density at radius 3 is 2.50 bits per heavy atom. The Balaban J connectivity index is 1.74. The van der Waals surface area contributed by atoms with Gasteiger partial charge in [0.2, 0.25) is 5.91 Å². The summed E-state index contributed by atoms with van der Waals surface area (Å²) in [5.74, 6) is -2.30. The van der Waals surface area contributed by atoms with Crippen LogP contribution in [0.2, 0.25) is 0 Å². The van der Waals surface area contributed by atoms with Crippen LogP contribution < -0.4 is 5.73 Å². The number of amides is 1. The predicted octanol–water partition coefficient (Wildman–Crippen LogP) is 3.42. The van der Waals surface area contributed by atoms with E-state index in [1.165, 1.54) is 17.0 Å². The van der Waals surface area contributed by atoms with Crippen LogP contribution in [0.4, 0.5) is 23.2 Å². The number of carbonyl (C=O) groups excluding carboxylic acids is 1. The smallest absolute Gasteiger partial charge is 0.393 e. The van der Waals surface area contributed by atoms with E-state index in [1.807, 2.05) is 0 Å². The summed E-state index contributed by atoms with van der Waals surface area (Å²) in [6, 6.07) is 8.91. The van der Waals surface area contributed by atoms with Gasteiger partial charge in [-0.1, -0.05) is 0 Å². The lowest BCUT2D eigenvalue weighted by atomic mass is 10.1. The number of anilines is 1. The first-order chi connectivity index (χ1) is 12.2. The van der Waals surface area contributed by atoms with Gasteiger partial charge < -0.3 is 10.6 Å². The van der Waals surface area contributed by atoms with Gasteiger partial charge in [-0.15, -0.1) is 0 Å². The van der Waals surface area contributed by atoms with Crippen LogP contribution in [0.5, 0.6) is 0 Å². The maximum Gasteiger partial charge on any atom is 0.393 e. The molecule has 2 heterocycles. The molecule has 26 heavy (non-hydrogen) atoms. The summed E-state index contributed by atoms with van der Waals surface area (Å²) in [5.41, 5.74) is 7.61. The number of likely N-dealkylation sites (tertiary alicyclic amines) is 1. The Labute approximate surface area is 147 Å². The number of hydrogen-bond acceptors (Lipinski definition) is 3. The van der Waals surface area contributed by atoms with Crippen molar-refractivity contribution in [3.63, 3.8) is 0 Å². The zero-order valence-electron chi connectivity index (χ0n) is 13.8. The van der Waals surface area contributed by atoms with E-state index in [0.29, 0.717) is 17.0 Å². The number of nitrogens with zero attached hydrogens (tertiary/aromatic N) is 2. The molecular formula is C18H17F4N3O. The number of alkyl halides is 3. The molecule has 1 amide bonds. The lowest BCUT2D eigenvalue weighted by Gasteiger charge is -2.18. The maximum atomic E-state index is 13.0. The van der Waals surface area contributed by atoms with E-state index >= 15 is 0 Å². The SMILES string of the molecule is Nc1ccc(-c2ccc(F)cc2)nc1CC(=O)N1CCC(C(F)(F)F)C1. The maximum absolute atomic E-state index is 13.0. The van der Waals surface area contributed by atoms with Crippen LogP contribution in [-0.4, -0.2) is 35.1 Å². The number of pyridine rings is 1. The van der Waals surface area contributed by atoms with E-state index in [0.717, 1.165) is 0 Å². The Kier molecular flexibility index (Phi) is 4.84. The summed E-state index contributed by atoms with van der Waals surface area (Å²) in [5, 5.41) is 0. The molecule has 1 aliphatic heterocycles. The molecular weight excluding hydrogens is 350 g/mol. The van der Waals surface area contributed by atoms with Gasteiger partial charge in [0.25, 0.3) is 0 Å². The van der Waals surface area contributed by atoms with Crippen molar-refractivity contribution in [2.75, 3.05) is 18.8 Å². The average molecular weight is 367 g/mol. The molecule has 0 saturated carbocycles. The van der Waals surface area contributed by atoms with Gasteiger partial charge in [-0.2, -0.15) is 13.2 Å². The number of aromatic nitrogens is 1. The minimum absolute atomic E-state index is 0.0700. The quantitative estimate of drug-likeness (QED) is 0.846. The minimum atomic E-state index is -4.30. The van der Waals surface area contributed by atoms with Crippen molar-refractivity contribution in [3.8, 4) is 11.3 Å². The van der Waals surface area contributed by atoms with Crippen LogP contribution in [0, 0.1) is 11.7 Å². The lowest BCUT2D eigenvalue weighted by molar-refractivity contribution is -0.171. The molecule has 0 spiro atoms. The molecule has 1 atom stereocenters. The molecule has 1 saturated heterocycles. The van der Waals surface area contributed by atoms with Crippen molar-refractivity contribution >= 4 is 11.6 Å². The second-order valence-corrected chi connectivity index (χ2v) is 6.28. The fourth-order valence-electron chi connectivity index (χ4n) is 2.94. The molecule has 2 aromatic rings. The van der Waals surface area contributed by atoms with Gasteiger partial charge in [-0.3, -0.25) is 9.78 Å². The number of nitrogen functional groups attached to an aromatic ring is 1. The van der Waals surface area contributed by atoms with Crippen LogP contribution >= 0.6 is 0 Å². The molecule has 1 aliphatic rings. The predicted molar refractivity (Wildman–Crippen MR) is 88.5 cm³/mol. The summed E-state index contributed by atoms with van der Waals surface area (Å²) < 4.78 is 51.3. The molecule has 1 aromatic carbocycles. The molecule has 1 fully saturated rings. The van der Waals surface area contributed by atoms with E-state index in [-0.39, 0.29) is 37.4 Å². The summed E-state index contributed by atoms with van der Waals surface area (Å²) in [6.45, 7) is -0.263. The van der Waals surface area contributed by atoms with E-state index < -0.39 is 18.0 Å². The third-order valence-corrected chi connectivity index (χ3v) is 4.47. The van der Waals surface area contributed by atoms with Crippen LogP contribution in [0.3, 0.4) is 0 Å². The zero-order chi connectivity index (χ0) is 18.9. The largest absolute Gasteiger partial charge is 0.397 e. The molecule has 1 unspecified atom stereocenters. The number of nitrogens with two attached hydrogens (primary N) is 1. The monoisotopic (exact) mass is 367 g/mol. The number of carbonyl (C=O) groups is 1. The van der Waals surface area contributed by atoms with Gasteiger partial charge in [0.15, 0.2) is 0 Å². The van der Waals surface area contributed by atoms with E-state index in [9.17, 15) is 22.4 Å². The standard InChI is InChI=1S/C18H17F4N3O/c19-13-3-1-11(2-4-13)15-6-5-14(23)16(24-15)9-17(26)25-8-7-12(10-25)18(20,21)22/h1-6,12H,7-10,23H2. The molecule has 0 aliphatic carbocycles. The minimum Gasteiger partial charge on any atom is -0.397 e. The Bertz CT molecular complexity index is 805. The van der Waals surface area contributed by atoms with Gasteiger partial charge in [0, 0.05) is 18.7 Å². The summed E-state index contributed by atoms with van der Waals surface area (Å²) >= 11 is 0. The molecule has 1 aromatic heterocycles. The van der Waals surface area contributed by atoms with Gasteiger partial charge in [-0.05, 0) is 42.8 Å². The number of hydrogen-bond donors (Lipinski definition) is 1. The number of benzene rings is 1. The average Bonchev–Trinajstić information content (AvgIpc) is 3.08. The molecule has 4 nitrogen and oxygen atoms in total. The van der Waals surface area contributed by atoms with E-state index in [1.54, 1.807) is 24.3 Å². The highest BCUT2D eigenvalue weighted by atomic mass is 19.4. The highest BCUT2D eigenvalue weighted by molar-refractivity contribution is 5.80. The number of halogens is 4. The molecule has 0 radical (unpaired) electrons. The number of rotatable bonds is 3. The van der Waals surface area contributed by atoms with Crippen LogP contribution in [0.25, 0.3) is 11.3 Å². The van der Waals surface area contributed by atoms with Gasteiger partial charge in [0.1, 0.15) is 5.82 Å². The van der Waals surface area contributed by atoms with Crippen molar-refractivity contribution in [2.45, 2.75) is 19.0 Å². The normalized spacial score (nSPS) is 17.5. The first kappa shape index (κ1) is 18.2. The first-order valence-corrected chi connectivity index (χ1v) is 8.10. The highest BCUT2D eigenvalue weighted by Gasteiger charge is 2.44. The second kappa shape index (κ2) is 6.93. The Hall–Kier alpha value is -2.64. The third kappa shape index (κ3) is 3.95. The molecule has 0 bridgehead atoms. The van der Waals surface area contributed by atoms with Crippen molar-refractivity contribution < 1.29 is 22.4 Å². The van der Waals surface area contributed by atoms with Crippen LogP contribution in [0.15, 0.2) is 36.4 Å². The molecule has 138 valence electrons. The molecule has 8 heteroatoms.